The molecule has 0 bridgehead atoms. The van der Waals surface area contributed by atoms with E-state index in [-0.39, 0.29) is 0 Å². The fourth-order valence-corrected chi connectivity index (χ4v) is 2.26. The highest BCUT2D eigenvalue weighted by Gasteiger charge is 2.01. The highest BCUT2D eigenvalue weighted by atomic mass is 35.5. The third-order valence-electron chi connectivity index (χ3n) is 3.16. The second-order valence-corrected chi connectivity index (χ2v) is 5.58. The van der Waals surface area contributed by atoms with Gasteiger partial charge in [0, 0.05) is 35.2 Å². The maximum atomic E-state index is 5.98. The molecule has 0 atom stereocenters. The summed E-state index contributed by atoms with van der Waals surface area (Å²) >= 11 is 5.98. The highest BCUT2D eigenvalue weighted by molar-refractivity contribution is 6.31. The van der Waals surface area contributed by atoms with E-state index < -0.39 is 0 Å². The van der Waals surface area contributed by atoms with Crippen molar-refractivity contribution in [1.82, 2.24) is 9.88 Å². The van der Waals surface area contributed by atoms with Crippen molar-refractivity contribution in [3.05, 3.63) is 35.5 Å². The van der Waals surface area contributed by atoms with E-state index in [1.54, 1.807) is 0 Å². The summed E-state index contributed by atoms with van der Waals surface area (Å²) < 4.78 is 2.27. The summed E-state index contributed by atoms with van der Waals surface area (Å²) in [6, 6.07) is 8.17. The van der Waals surface area contributed by atoms with Gasteiger partial charge in [0.1, 0.15) is 0 Å². The second kappa shape index (κ2) is 6.26. The standard InChI is InChI=1S/C15H21ClN2/c1-12(2)5-7-17-8-10-18-9-6-13-11-14(16)3-4-15(13)18/h3-4,6,9,11-12,17H,5,7-8,10H2,1-2H3. The number of nitrogens with zero attached hydrogens (tertiary/aromatic N) is 1. The molecule has 0 fully saturated rings. The molecule has 0 amide bonds. The summed E-state index contributed by atoms with van der Waals surface area (Å²) in [5.41, 5.74) is 1.25. The van der Waals surface area contributed by atoms with Crippen molar-refractivity contribution < 1.29 is 0 Å². The lowest BCUT2D eigenvalue weighted by Gasteiger charge is -2.08. The molecule has 2 nitrogen and oxygen atoms in total. The van der Waals surface area contributed by atoms with E-state index in [9.17, 15) is 0 Å². The van der Waals surface area contributed by atoms with Gasteiger partial charge in [-0.25, -0.2) is 0 Å². The minimum Gasteiger partial charge on any atom is -0.346 e. The number of hydrogen-bond donors (Lipinski definition) is 1. The van der Waals surface area contributed by atoms with E-state index in [0.29, 0.717) is 0 Å². The van der Waals surface area contributed by atoms with E-state index >= 15 is 0 Å². The van der Waals surface area contributed by atoms with Crippen molar-refractivity contribution in [2.75, 3.05) is 13.1 Å². The molecule has 0 saturated heterocycles. The van der Waals surface area contributed by atoms with Gasteiger partial charge in [-0.15, -0.1) is 0 Å². The average molecular weight is 265 g/mol. The molecule has 0 aliphatic heterocycles. The summed E-state index contributed by atoms with van der Waals surface area (Å²) in [5.74, 6) is 0.770. The van der Waals surface area contributed by atoms with E-state index in [0.717, 1.165) is 30.6 Å². The monoisotopic (exact) mass is 264 g/mol. The van der Waals surface area contributed by atoms with E-state index in [1.165, 1.54) is 17.3 Å². The van der Waals surface area contributed by atoms with Crippen molar-refractivity contribution in [2.45, 2.75) is 26.8 Å². The average Bonchev–Trinajstić information content (AvgIpc) is 2.70. The summed E-state index contributed by atoms with van der Waals surface area (Å²) in [5, 5.41) is 5.50. The van der Waals surface area contributed by atoms with Crippen LogP contribution in [0.1, 0.15) is 20.3 Å². The van der Waals surface area contributed by atoms with Gasteiger partial charge in [-0.1, -0.05) is 25.4 Å². The fourth-order valence-electron chi connectivity index (χ4n) is 2.08. The van der Waals surface area contributed by atoms with Crippen LogP contribution >= 0.6 is 11.6 Å². The Hall–Kier alpha value is -0.990. The molecule has 0 saturated carbocycles. The van der Waals surface area contributed by atoms with Gasteiger partial charge >= 0.3 is 0 Å². The van der Waals surface area contributed by atoms with Crippen molar-refractivity contribution in [1.29, 1.82) is 0 Å². The van der Waals surface area contributed by atoms with Crippen LogP contribution in [0.25, 0.3) is 10.9 Å². The molecule has 98 valence electrons. The van der Waals surface area contributed by atoms with Gasteiger partial charge in [-0.05, 0) is 43.1 Å². The molecule has 0 unspecified atom stereocenters. The van der Waals surface area contributed by atoms with Crippen LogP contribution in [-0.4, -0.2) is 17.7 Å². The largest absolute Gasteiger partial charge is 0.346 e. The van der Waals surface area contributed by atoms with Crippen LogP contribution in [0, 0.1) is 5.92 Å². The third kappa shape index (κ3) is 3.50. The van der Waals surface area contributed by atoms with Crippen molar-refractivity contribution in [3.8, 4) is 0 Å². The van der Waals surface area contributed by atoms with Gasteiger partial charge in [-0.3, -0.25) is 0 Å². The second-order valence-electron chi connectivity index (χ2n) is 5.14. The van der Waals surface area contributed by atoms with Crippen LogP contribution in [0.5, 0.6) is 0 Å². The topological polar surface area (TPSA) is 17.0 Å². The van der Waals surface area contributed by atoms with Gasteiger partial charge in [0.2, 0.25) is 0 Å². The summed E-state index contributed by atoms with van der Waals surface area (Å²) in [4.78, 5) is 0. The molecule has 1 heterocycles. The zero-order valence-electron chi connectivity index (χ0n) is 11.1. The first-order chi connectivity index (χ1) is 8.66. The molecular formula is C15H21ClN2. The molecule has 1 aromatic heterocycles. The molecule has 1 aromatic carbocycles. The van der Waals surface area contributed by atoms with E-state index in [4.69, 9.17) is 11.6 Å². The number of aromatic nitrogens is 1. The summed E-state index contributed by atoms with van der Waals surface area (Å²) in [6.07, 6.45) is 3.37. The van der Waals surface area contributed by atoms with Crippen LogP contribution < -0.4 is 5.32 Å². The van der Waals surface area contributed by atoms with Gasteiger partial charge in [0.05, 0.1) is 0 Å². The normalized spacial score (nSPS) is 11.6. The lowest BCUT2D eigenvalue weighted by atomic mass is 10.1. The fraction of sp³-hybridized carbons (Fsp3) is 0.467. The Morgan fingerprint density at radius 3 is 2.83 bits per heavy atom. The molecule has 0 radical (unpaired) electrons. The Bertz CT molecular complexity index is 502. The number of benzene rings is 1. The Kier molecular flexibility index (Phi) is 4.67. The van der Waals surface area contributed by atoms with Crippen LogP contribution in [0.2, 0.25) is 5.02 Å². The molecule has 0 aliphatic carbocycles. The first-order valence-corrected chi connectivity index (χ1v) is 7.00. The Morgan fingerprint density at radius 1 is 1.22 bits per heavy atom. The molecule has 2 rings (SSSR count). The lowest BCUT2D eigenvalue weighted by molar-refractivity contribution is 0.522. The number of hydrogen-bond acceptors (Lipinski definition) is 1. The summed E-state index contributed by atoms with van der Waals surface area (Å²) in [6.45, 7) is 7.63. The maximum Gasteiger partial charge on any atom is 0.0481 e. The van der Waals surface area contributed by atoms with E-state index in [2.05, 4.69) is 42.1 Å². The number of rotatable bonds is 6. The predicted molar refractivity (Wildman–Crippen MR) is 79.3 cm³/mol. The van der Waals surface area contributed by atoms with Crippen molar-refractivity contribution >= 4 is 22.5 Å². The molecule has 3 heteroatoms. The molecule has 0 spiro atoms. The van der Waals surface area contributed by atoms with Crippen LogP contribution in [-0.2, 0) is 6.54 Å². The Labute approximate surface area is 114 Å². The van der Waals surface area contributed by atoms with Gasteiger partial charge in [0.25, 0.3) is 0 Å². The Morgan fingerprint density at radius 2 is 2.06 bits per heavy atom. The molecule has 1 N–H and O–H groups in total. The highest BCUT2D eigenvalue weighted by Crippen LogP contribution is 2.20. The quantitative estimate of drug-likeness (QED) is 0.783. The van der Waals surface area contributed by atoms with Gasteiger partial charge in [0.15, 0.2) is 0 Å². The zero-order valence-corrected chi connectivity index (χ0v) is 11.9. The lowest BCUT2D eigenvalue weighted by Crippen LogP contribution is -2.21. The number of halogens is 1. The van der Waals surface area contributed by atoms with Crippen LogP contribution in [0.15, 0.2) is 30.5 Å². The van der Waals surface area contributed by atoms with Crippen LogP contribution in [0.3, 0.4) is 0 Å². The molecule has 18 heavy (non-hydrogen) atoms. The molecule has 2 aromatic rings. The zero-order chi connectivity index (χ0) is 13.0. The molecule has 0 aliphatic rings. The summed E-state index contributed by atoms with van der Waals surface area (Å²) in [7, 11) is 0. The Balaban J connectivity index is 1.88. The molecular weight excluding hydrogens is 244 g/mol. The van der Waals surface area contributed by atoms with Crippen molar-refractivity contribution in [2.24, 2.45) is 5.92 Å². The maximum absolute atomic E-state index is 5.98. The smallest absolute Gasteiger partial charge is 0.0481 e. The first-order valence-electron chi connectivity index (χ1n) is 6.62. The SMILES string of the molecule is CC(C)CCNCCn1ccc2cc(Cl)ccc21. The van der Waals surface area contributed by atoms with Gasteiger partial charge < -0.3 is 9.88 Å². The first kappa shape index (κ1) is 13.4. The predicted octanol–water partition coefficient (Wildman–Crippen LogP) is 3.93. The van der Waals surface area contributed by atoms with Crippen molar-refractivity contribution in [3.63, 3.8) is 0 Å². The minimum absolute atomic E-state index is 0.770. The third-order valence-corrected chi connectivity index (χ3v) is 3.40. The van der Waals surface area contributed by atoms with Gasteiger partial charge in [-0.2, -0.15) is 0 Å². The van der Waals surface area contributed by atoms with Crippen LogP contribution in [0.4, 0.5) is 0 Å². The van der Waals surface area contributed by atoms with E-state index in [1.807, 2.05) is 12.1 Å². The number of nitrogens with one attached hydrogen (secondary N) is 1. The minimum atomic E-state index is 0.770. The number of fused-ring (bicyclic) bond motifs is 1.